The Morgan fingerprint density at radius 3 is 2.34 bits per heavy atom. The van der Waals surface area contributed by atoms with E-state index in [4.69, 9.17) is 4.74 Å². The number of hydrogen-bond acceptors (Lipinski definition) is 6. The van der Waals surface area contributed by atoms with Crippen molar-refractivity contribution in [2.24, 2.45) is 0 Å². The zero-order valence-electron chi connectivity index (χ0n) is 16.7. The molecule has 2 fully saturated rings. The number of rotatable bonds is 5. The molecule has 2 aromatic rings. The fraction of sp³-hybridized carbons (Fsp3) is 0.429. The molecule has 3 heterocycles. The lowest BCUT2D eigenvalue weighted by atomic mass is 9.85. The number of piperidine rings is 1. The molecule has 1 aromatic heterocycles. The number of carbonyl (C=O) groups is 2. The van der Waals surface area contributed by atoms with E-state index >= 15 is 0 Å². The highest BCUT2D eigenvalue weighted by atomic mass is 16.5. The van der Waals surface area contributed by atoms with E-state index in [2.05, 4.69) is 14.9 Å². The molecule has 152 valence electrons. The maximum Gasteiger partial charge on any atom is 0.327 e. The molecule has 8 nitrogen and oxygen atoms in total. The third-order valence-electron chi connectivity index (χ3n) is 5.82. The molecule has 0 aliphatic carbocycles. The van der Waals surface area contributed by atoms with Gasteiger partial charge in [-0.15, -0.1) is 0 Å². The minimum absolute atomic E-state index is 0.0615. The van der Waals surface area contributed by atoms with Crippen molar-refractivity contribution in [1.29, 1.82) is 0 Å². The van der Waals surface area contributed by atoms with Crippen molar-refractivity contribution in [2.45, 2.75) is 31.8 Å². The summed E-state index contributed by atoms with van der Waals surface area (Å²) in [5.74, 6) is 0.628. The van der Waals surface area contributed by atoms with Gasteiger partial charge in [-0.1, -0.05) is 12.1 Å². The minimum Gasteiger partial charge on any atom is -0.424 e. The van der Waals surface area contributed by atoms with Crippen LogP contribution in [0.1, 0.15) is 25.3 Å². The average Bonchev–Trinajstić information content (AvgIpc) is 2.92. The molecule has 29 heavy (non-hydrogen) atoms. The Morgan fingerprint density at radius 2 is 1.72 bits per heavy atom. The first-order chi connectivity index (χ1) is 14.0. The molecule has 3 amide bonds. The van der Waals surface area contributed by atoms with Gasteiger partial charge >= 0.3 is 12.0 Å². The van der Waals surface area contributed by atoms with Gasteiger partial charge in [-0.2, -0.15) is 0 Å². The van der Waals surface area contributed by atoms with Gasteiger partial charge in [-0.25, -0.2) is 14.8 Å². The number of benzene rings is 1. The van der Waals surface area contributed by atoms with Crippen molar-refractivity contribution in [3.63, 3.8) is 0 Å². The molecule has 2 aliphatic heterocycles. The molecule has 0 N–H and O–H groups in total. The summed E-state index contributed by atoms with van der Waals surface area (Å²) in [7, 11) is 1.58. The fourth-order valence-electron chi connectivity index (χ4n) is 4.25. The smallest absolute Gasteiger partial charge is 0.327 e. The van der Waals surface area contributed by atoms with Crippen LogP contribution in [0.4, 0.5) is 4.79 Å². The Labute approximate surface area is 170 Å². The van der Waals surface area contributed by atoms with Crippen molar-refractivity contribution in [1.82, 2.24) is 24.7 Å². The first-order valence-corrected chi connectivity index (χ1v) is 9.89. The molecule has 1 aromatic carbocycles. The van der Waals surface area contributed by atoms with E-state index in [9.17, 15) is 9.59 Å². The molecular formula is C21H25N5O3. The molecule has 0 saturated carbocycles. The van der Waals surface area contributed by atoms with Crippen LogP contribution in [0.25, 0.3) is 0 Å². The summed E-state index contributed by atoms with van der Waals surface area (Å²) in [5.41, 5.74) is 0.505. The van der Waals surface area contributed by atoms with Gasteiger partial charge in [0.05, 0.1) is 0 Å². The topological polar surface area (TPSA) is 78.9 Å². The van der Waals surface area contributed by atoms with E-state index in [1.54, 1.807) is 30.4 Å². The Morgan fingerprint density at radius 1 is 1.07 bits per heavy atom. The first-order valence-electron chi connectivity index (χ1n) is 9.89. The van der Waals surface area contributed by atoms with Crippen LogP contribution in [-0.4, -0.2) is 68.8 Å². The Bertz CT molecular complexity index is 879. The Kier molecular flexibility index (Phi) is 5.19. The summed E-state index contributed by atoms with van der Waals surface area (Å²) in [6.45, 7) is 4.84. The molecule has 0 bridgehead atoms. The number of carbonyl (C=O) groups excluding carboxylic acids is 2. The molecule has 0 atom stereocenters. The van der Waals surface area contributed by atoms with Crippen LogP contribution in [-0.2, 0) is 11.3 Å². The highest BCUT2D eigenvalue weighted by Gasteiger charge is 2.56. The number of hydrogen-bond donors (Lipinski definition) is 0. The zero-order valence-corrected chi connectivity index (χ0v) is 16.7. The lowest BCUT2D eigenvalue weighted by molar-refractivity contribution is -0.134. The average molecular weight is 395 g/mol. The second-order valence-electron chi connectivity index (χ2n) is 7.48. The molecule has 8 heteroatoms. The predicted octanol–water partition coefficient (Wildman–Crippen LogP) is 2.52. The quantitative estimate of drug-likeness (QED) is 0.724. The van der Waals surface area contributed by atoms with Crippen LogP contribution in [0.5, 0.6) is 11.8 Å². The van der Waals surface area contributed by atoms with Gasteiger partial charge in [-0.05, 0) is 43.5 Å². The van der Waals surface area contributed by atoms with Crippen LogP contribution in [0.3, 0.4) is 0 Å². The molecule has 1 spiro atoms. The van der Waals surface area contributed by atoms with Crippen LogP contribution in [0.15, 0.2) is 42.7 Å². The van der Waals surface area contributed by atoms with Gasteiger partial charge < -0.3 is 9.64 Å². The second kappa shape index (κ2) is 7.79. The third kappa shape index (κ3) is 3.55. The van der Waals surface area contributed by atoms with E-state index in [1.165, 1.54) is 10.5 Å². The highest BCUT2D eigenvalue weighted by molar-refractivity contribution is 6.06. The number of urea groups is 1. The van der Waals surface area contributed by atoms with Crippen molar-refractivity contribution in [3.05, 3.63) is 48.3 Å². The summed E-state index contributed by atoms with van der Waals surface area (Å²) < 4.78 is 5.63. The molecular weight excluding hydrogens is 370 g/mol. The summed E-state index contributed by atoms with van der Waals surface area (Å²) in [5, 5.41) is 0. The van der Waals surface area contributed by atoms with Gasteiger partial charge in [-0.3, -0.25) is 14.6 Å². The highest BCUT2D eigenvalue weighted by Crippen LogP contribution is 2.36. The van der Waals surface area contributed by atoms with Crippen molar-refractivity contribution >= 4 is 11.9 Å². The lowest BCUT2D eigenvalue weighted by Gasteiger charge is -2.41. The first kappa shape index (κ1) is 19.3. The van der Waals surface area contributed by atoms with E-state index < -0.39 is 5.54 Å². The summed E-state index contributed by atoms with van der Waals surface area (Å²) >= 11 is 0. The maximum atomic E-state index is 12.7. The van der Waals surface area contributed by atoms with Crippen molar-refractivity contribution in [3.8, 4) is 11.8 Å². The number of nitrogens with zero attached hydrogens (tertiary/aromatic N) is 5. The second-order valence-corrected chi connectivity index (χ2v) is 7.48. The SMILES string of the molecule is CCN1C(=O)N(C)C(=O)C12CCN(Cc1ccc(Oc3ncccn3)cc1)CC2. The molecule has 2 aliphatic rings. The van der Waals surface area contributed by atoms with Gasteiger partial charge in [0.15, 0.2) is 0 Å². The number of likely N-dealkylation sites (tertiary alicyclic amines) is 1. The summed E-state index contributed by atoms with van der Waals surface area (Å²) in [4.78, 5) is 38.5. The van der Waals surface area contributed by atoms with Crippen molar-refractivity contribution < 1.29 is 14.3 Å². The number of likely N-dealkylation sites (N-methyl/N-ethyl adjacent to an activating group) is 2. The number of ether oxygens (including phenoxy) is 1. The van der Waals surface area contributed by atoms with Gasteiger partial charge in [0.1, 0.15) is 11.3 Å². The monoisotopic (exact) mass is 395 g/mol. The zero-order chi connectivity index (χ0) is 20.4. The standard InChI is InChI=1S/C21H25N5O3/c1-3-26-20(28)24(2)18(27)21(26)9-13-25(14-10-21)15-16-5-7-17(8-6-16)29-19-22-11-4-12-23-19/h4-8,11-12H,3,9-10,13-15H2,1-2H3. The van der Waals surface area contributed by atoms with E-state index in [1.807, 2.05) is 31.2 Å². The largest absolute Gasteiger partial charge is 0.424 e. The van der Waals surface area contributed by atoms with Gasteiger partial charge in [0.2, 0.25) is 0 Å². The Hall–Kier alpha value is -3.00. The van der Waals surface area contributed by atoms with E-state index in [0.29, 0.717) is 31.1 Å². The number of amides is 3. The summed E-state index contributed by atoms with van der Waals surface area (Å²) in [6, 6.07) is 9.75. The van der Waals surface area contributed by atoms with Gasteiger partial charge in [0.25, 0.3) is 5.91 Å². The van der Waals surface area contributed by atoms with E-state index in [0.717, 1.165) is 19.6 Å². The normalized spacial score (nSPS) is 19.2. The molecule has 4 rings (SSSR count). The van der Waals surface area contributed by atoms with Crippen LogP contribution >= 0.6 is 0 Å². The fourth-order valence-corrected chi connectivity index (χ4v) is 4.25. The lowest BCUT2D eigenvalue weighted by Crippen LogP contribution is -2.56. The predicted molar refractivity (Wildman–Crippen MR) is 106 cm³/mol. The molecule has 2 saturated heterocycles. The molecule has 0 radical (unpaired) electrons. The summed E-state index contributed by atoms with van der Waals surface area (Å²) in [6.07, 6.45) is 4.62. The number of imide groups is 1. The van der Waals surface area contributed by atoms with Crippen LogP contribution in [0, 0.1) is 0 Å². The van der Waals surface area contributed by atoms with Crippen LogP contribution in [0.2, 0.25) is 0 Å². The molecule has 0 unspecified atom stereocenters. The maximum absolute atomic E-state index is 12.7. The van der Waals surface area contributed by atoms with E-state index in [-0.39, 0.29) is 11.9 Å². The van der Waals surface area contributed by atoms with Crippen LogP contribution < -0.4 is 4.74 Å². The minimum atomic E-state index is -0.662. The third-order valence-corrected chi connectivity index (χ3v) is 5.82. The number of aromatic nitrogens is 2. The Balaban J connectivity index is 1.36. The van der Waals surface area contributed by atoms with Crippen molar-refractivity contribution in [2.75, 3.05) is 26.7 Å². The van der Waals surface area contributed by atoms with Gasteiger partial charge in [0, 0.05) is 45.6 Å².